The first-order chi connectivity index (χ1) is 4.83. The van der Waals surface area contributed by atoms with Crippen LogP contribution in [0.5, 0.6) is 0 Å². The van der Waals surface area contributed by atoms with Crippen molar-refractivity contribution in [3.8, 4) is 0 Å². The molecule has 0 aliphatic heterocycles. The molecule has 0 bridgehead atoms. The Bertz CT molecular complexity index is 91.4. The third-order valence-electron chi connectivity index (χ3n) is 1.75. The van der Waals surface area contributed by atoms with E-state index < -0.39 is 0 Å². The topological polar surface area (TPSA) is 0 Å². The molecule has 0 saturated carbocycles. The molecular weight excluding hydrogens is 151 g/mol. The Morgan fingerprint density at radius 2 is 1.27 bits per heavy atom. The predicted octanol–water partition coefficient (Wildman–Crippen LogP) is 3.71. The number of rotatable bonds is 4. The van der Waals surface area contributed by atoms with Gasteiger partial charge >= 0.3 is 0 Å². The van der Waals surface area contributed by atoms with E-state index in [1.165, 1.54) is 12.8 Å². The minimum Gasteiger partial charge on any atom is -0.131 e. The molecule has 0 fully saturated rings. The number of hydrogen-bond donors (Lipinski definition) is 0. The molecule has 0 saturated heterocycles. The van der Waals surface area contributed by atoms with Gasteiger partial charge in [0.15, 0.2) is 0 Å². The average molecular weight is 174 g/mol. The first-order valence-corrected chi connectivity index (χ1v) is 5.20. The quantitative estimate of drug-likeness (QED) is 0.570. The van der Waals surface area contributed by atoms with E-state index in [0.29, 0.717) is 5.16 Å². The van der Waals surface area contributed by atoms with Gasteiger partial charge in [0.1, 0.15) is 0 Å². The minimum absolute atomic E-state index is 0.461. The molecule has 1 unspecified atom stereocenters. The molecule has 0 aromatic heterocycles. The Hall–Kier alpha value is 0.430. The second-order valence-electron chi connectivity index (χ2n) is 4.85. The first kappa shape index (κ1) is 11.4. The van der Waals surface area contributed by atoms with Crippen molar-refractivity contribution in [2.24, 2.45) is 11.8 Å². The van der Waals surface area contributed by atoms with Crippen molar-refractivity contribution in [2.75, 3.05) is 0 Å². The molecular formula is C10H23P. The molecule has 0 radical (unpaired) electrons. The van der Waals surface area contributed by atoms with E-state index in [2.05, 4.69) is 43.9 Å². The van der Waals surface area contributed by atoms with Crippen LogP contribution in [-0.4, -0.2) is 5.16 Å². The SMILES string of the molecule is CC(C)CC(C)(P)CC(C)C. The maximum atomic E-state index is 3.00. The van der Waals surface area contributed by atoms with Gasteiger partial charge in [0, 0.05) is 0 Å². The van der Waals surface area contributed by atoms with Gasteiger partial charge < -0.3 is 0 Å². The summed E-state index contributed by atoms with van der Waals surface area (Å²) in [4.78, 5) is 0. The van der Waals surface area contributed by atoms with Crippen molar-refractivity contribution in [3.05, 3.63) is 0 Å². The minimum atomic E-state index is 0.461. The van der Waals surface area contributed by atoms with Gasteiger partial charge in [-0.1, -0.05) is 34.6 Å². The monoisotopic (exact) mass is 174 g/mol. The summed E-state index contributed by atoms with van der Waals surface area (Å²) in [6, 6.07) is 0. The fourth-order valence-electron chi connectivity index (χ4n) is 1.95. The van der Waals surface area contributed by atoms with E-state index in [9.17, 15) is 0 Å². The summed E-state index contributed by atoms with van der Waals surface area (Å²) in [6.45, 7) is 11.5. The lowest BCUT2D eigenvalue weighted by Gasteiger charge is -2.28. The zero-order valence-corrected chi connectivity index (χ0v) is 9.80. The summed E-state index contributed by atoms with van der Waals surface area (Å²) in [5, 5.41) is 0.461. The van der Waals surface area contributed by atoms with Crippen LogP contribution in [0.25, 0.3) is 0 Å². The van der Waals surface area contributed by atoms with Gasteiger partial charge in [-0.25, -0.2) is 0 Å². The van der Waals surface area contributed by atoms with Gasteiger partial charge in [0.2, 0.25) is 0 Å². The smallest absolute Gasteiger partial charge is 0.0173 e. The Labute approximate surface area is 74.4 Å². The van der Waals surface area contributed by atoms with Crippen LogP contribution in [0.15, 0.2) is 0 Å². The van der Waals surface area contributed by atoms with E-state index in [0.717, 1.165) is 11.8 Å². The lowest BCUT2D eigenvalue weighted by atomic mass is 9.90. The molecule has 0 aromatic rings. The molecule has 0 N–H and O–H groups in total. The van der Waals surface area contributed by atoms with E-state index in [1.54, 1.807) is 0 Å². The maximum Gasteiger partial charge on any atom is -0.0173 e. The second-order valence-corrected chi connectivity index (χ2v) is 6.24. The Morgan fingerprint density at radius 3 is 1.45 bits per heavy atom. The van der Waals surface area contributed by atoms with E-state index >= 15 is 0 Å². The van der Waals surface area contributed by atoms with Gasteiger partial charge in [0.25, 0.3) is 0 Å². The zero-order valence-electron chi connectivity index (χ0n) is 8.65. The molecule has 68 valence electrons. The Morgan fingerprint density at radius 1 is 1.00 bits per heavy atom. The van der Waals surface area contributed by atoms with Gasteiger partial charge in [-0.2, -0.15) is 0 Å². The third kappa shape index (κ3) is 6.81. The van der Waals surface area contributed by atoms with Crippen molar-refractivity contribution in [1.29, 1.82) is 0 Å². The zero-order chi connectivity index (χ0) is 9.07. The van der Waals surface area contributed by atoms with Gasteiger partial charge in [-0.05, 0) is 29.8 Å². The molecule has 0 rings (SSSR count). The molecule has 11 heavy (non-hydrogen) atoms. The second kappa shape index (κ2) is 4.45. The van der Waals surface area contributed by atoms with Crippen LogP contribution in [0, 0.1) is 11.8 Å². The highest BCUT2D eigenvalue weighted by atomic mass is 31.0. The number of hydrogen-bond acceptors (Lipinski definition) is 0. The van der Waals surface area contributed by atoms with E-state index in [4.69, 9.17) is 0 Å². The van der Waals surface area contributed by atoms with Gasteiger partial charge in [-0.15, -0.1) is 9.24 Å². The van der Waals surface area contributed by atoms with E-state index in [-0.39, 0.29) is 0 Å². The van der Waals surface area contributed by atoms with Crippen molar-refractivity contribution in [1.82, 2.24) is 0 Å². The van der Waals surface area contributed by atoms with Gasteiger partial charge in [0.05, 0.1) is 0 Å². The highest BCUT2D eigenvalue weighted by Crippen LogP contribution is 2.32. The lowest BCUT2D eigenvalue weighted by Crippen LogP contribution is -2.20. The summed E-state index contributed by atoms with van der Waals surface area (Å²) in [5.74, 6) is 1.63. The molecule has 1 heteroatoms. The summed E-state index contributed by atoms with van der Waals surface area (Å²) in [7, 11) is 3.00. The Balaban J connectivity index is 3.79. The fourth-order valence-corrected chi connectivity index (χ4v) is 2.89. The molecule has 0 nitrogen and oxygen atoms in total. The van der Waals surface area contributed by atoms with Crippen molar-refractivity contribution in [3.63, 3.8) is 0 Å². The van der Waals surface area contributed by atoms with E-state index in [1.807, 2.05) is 0 Å². The molecule has 0 amide bonds. The third-order valence-corrected chi connectivity index (χ3v) is 2.22. The molecule has 0 heterocycles. The molecule has 0 aliphatic rings. The summed E-state index contributed by atoms with van der Waals surface area (Å²) in [6.07, 6.45) is 2.63. The van der Waals surface area contributed by atoms with Gasteiger partial charge in [-0.3, -0.25) is 0 Å². The van der Waals surface area contributed by atoms with Crippen molar-refractivity contribution in [2.45, 2.75) is 52.6 Å². The van der Waals surface area contributed by atoms with Crippen molar-refractivity contribution >= 4 is 9.24 Å². The first-order valence-electron chi connectivity index (χ1n) is 4.62. The van der Waals surface area contributed by atoms with Crippen LogP contribution >= 0.6 is 9.24 Å². The summed E-state index contributed by atoms with van der Waals surface area (Å²) >= 11 is 0. The Kier molecular flexibility index (Phi) is 4.63. The molecule has 0 aliphatic carbocycles. The average Bonchev–Trinajstić information content (AvgIpc) is 1.53. The van der Waals surface area contributed by atoms with Crippen LogP contribution < -0.4 is 0 Å². The normalized spacial score (nSPS) is 13.1. The van der Waals surface area contributed by atoms with Crippen LogP contribution in [0.3, 0.4) is 0 Å². The largest absolute Gasteiger partial charge is 0.131 e. The summed E-state index contributed by atoms with van der Waals surface area (Å²) < 4.78 is 0. The highest BCUT2D eigenvalue weighted by Gasteiger charge is 2.20. The lowest BCUT2D eigenvalue weighted by molar-refractivity contribution is 0.403. The van der Waals surface area contributed by atoms with Crippen LogP contribution in [-0.2, 0) is 0 Å². The maximum absolute atomic E-state index is 3.00. The van der Waals surface area contributed by atoms with Crippen LogP contribution in [0.4, 0.5) is 0 Å². The fraction of sp³-hybridized carbons (Fsp3) is 1.00. The highest BCUT2D eigenvalue weighted by molar-refractivity contribution is 7.18. The summed E-state index contributed by atoms with van der Waals surface area (Å²) in [5.41, 5.74) is 0. The standard InChI is InChI=1S/C10H23P/c1-8(2)6-10(5,11)7-9(3)4/h8-9H,6-7,11H2,1-5H3. The van der Waals surface area contributed by atoms with Crippen LogP contribution in [0.1, 0.15) is 47.5 Å². The van der Waals surface area contributed by atoms with Crippen molar-refractivity contribution < 1.29 is 0 Å². The molecule has 0 aromatic carbocycles. The van der Waals surface area contributed by atoms with Crippen LogP contribution in [0.2, 0.25) is 0 Å². The predicted molar refractivity (Wildman–Crippen MR) is 57.0 cm³/mol. The molecule has 0 spiro atoms. The molecule has 1 atom stereocenters.